The van der Waals surface area contributed by atoms with Gasteiger partial charge < -0.3 is 4.74 Å². The van der Waals surface area contributed by atoms with E-state index in [0.29, 0.717) is 17.4 Å². The molecule has 2 bridgehead atoms. The van der Waals surface area contributed by atoms with Crippen molar-refractivity contribution in [2.45, 2.75) is 91.6 Å². The molecule has 4 atom stereocenters. The molecule has 3 saturated carbocycles. The van der Waals surface area contributed by atoms with Crippen molar-refractivity contribution < 1.29 is 4.74 Å². The minimum absolute atomic E-state index is 0.0753. The molecule has 0 radical (unpaired) electrons. The predicted molar refractivity (Wildman–Crippen MR) is 89.0 cm³/mol. The molecule has 0 saturated heterocycles. The molecule has 3 fully saturated rings. The van der Waals surface area contributed by atoms with Gasteiger partial charge in [0.2, 0.25) is 0 Å². The molecule has 0 aromatic heterocycles. The highest BCUT2D eigenvalue weighted by Gasteiger charge is 2.58. The highest BCUT2D eigenvalue weighted by atomic mass is 16.5. The second kappa shape index (κ2) is 8.18. The second-order valence-electron chi connectivity index (χ2n) is 7.26. The van der Waals surface area contributed by atoms with Crippen LogP contribution in [0.3, 0.4) is 0 Å². The quantitative estimate of drug-likeness (QED) is 0.649. The van der Waals surface area contributed by atoms with Crippen LogP contribution in [0.15, 0.2) is 0 Å². The van der Waals surface area contributed by atoms with Crippen LogP contribution in [-0.2, 0) is 4.74 Å². The van der Waals surface area contributed by atoms with Gasteiger partial charge in [-0.05, 0) is 43.4 Å². The number of rotatable bonds is 5. The van der Waals surface area contributed by atoms with Gasteiger partial charge >= 0.3 is 0 Å². The molecule has 4 unspecified atom stereocenters. The molecular weight excluding hydrogens is 258 g/mol. The first-order valence-electron chi connectivity index (χ1n) is 8.98. The summed E-state index contributed by atoms with van der Waals surface area (Å²) in [5, 5.41) is 9.45. The maximum absolute atomic E-state index is 9.45. The van der Waals surface area contributed by atoms with Crippen molar-refractivity contribution in [3.05, 3.63) is 0 Å². The van der Waals surface area contributed by atoms with Crippen LogP contribution in [0.25, 0.3) is 0 Å². The van der Waals surface area contributed by atoms with E-state index in [1.54, 1.807) is 0 Å². The van der Waals surface area contributed by atoms with Gasteiger partial charge in [0.1, 0.15) is 0 Å². The summed E-state index contributed by atoms with van der Waals surface area (Å²) in [5.74, 6) is 0.640. The lowest BCUT2D eigenvalue weighted by Crippen LogP contribution is -2.55. The van der Waals surface area contributed by atoms with E-state index in [9.17, 15) is 5.26 Å². The average Bonchev–Trinajstić information content (AvgIpc) is 2.53. The molecule has 3 rings (SSSR count). The highest BCUT2D eigenvalue weighted by Crippen LogP contribution is 2.62. The number of hydrogen-bond acceptors (Lipinski definition) is 2. The minimum atomic E-state index is -0.0753. The fraction of sp³-hybridized carbons (Fsp3) is 0.947. The molecule has 0 amide bonds. The number of hydrogen-bond donors (Lipinski definition) is 0. The van der Waals surface area contributed by atoms with E-state index in [2.05, 4.69) is 33.8 Å². The summed E-state index contributed by atoms with van der Waals surface area (Å²) in [6.45, 7) is 8.96. The van der Waals surface area contributed by atoms with Crippen LogP contribution in [0.1, 0.15) is 85.5 Å². The van der Waals surface area contributed by atoms with Crippen LogP contribution in [0.5, 0.6) is 0 Å². The average molecular weight is 293 g/mol. The second-order valence-corrected chi connectivity index (χ2v) is 7.26. The zero-order chi connectivity index (χ0) is 15.9. The lowest BCUT2D eigenvalue weighted by Gasteiger charge is -2.58. The third-order valence-electron chi connectivity index (χ3n) is 5.98. The topological polar surface area (TPSA) is 33.0 Å². The fourth-order valence-corrected chi connectivity index (χ4v) is 4.34. The lowest BCUT2D eigenvalue weighted by atomic mass is 9.47. The Hall–Kier alpha value is -0.550. The van der Waals surface area contributed by atoms with E-state index >= 15 is 0 Å². The van der Waals surface area contributed by atoms with Gasteiger partial charge in [-0.25, -0.2) is 0 Å². The van der Waals surface area contributed by atoms with E-state index in [4.69, 9.17) is 4.74 Å². The Morgan fingerprint density at radius 1 is 1.10 bits per heavy atom. The van der Waals surface area contributed by atoms with Crippen molar-refractivity contribution in [1.29, 1.82) is 5.26 Å². The monoisotopic (exact) mass is 293 g/mol. The van der Waals surface area contributed by atoms with Crippen molar-refractivity contribution in [2.75, 3.05) is 7.11 Å². The van der Waals surface area contributed by atoms with Gasteiger partial charge in [-0.2, -0.15) is 5.26 Å². The molecule has 3 aliphatic carbocycles. The summed E-state index contributed by atoms with van der Waals surface area (Å²) in [7, 11) is 1.83. The van der Waals surface area contributed by atoms with Crippen LogP contribution in [0.4, 0.5) is 0 Å². The Morgan fingerprint density at radius 2 is 1.76 bits per heavy atom. The summed E-state index contributed by atoms with van der Waals surface area (Å²) >= 11 is 0. The Labute approximate surface area is 132 Å². The SMILES string of the molecule is CCCC.CCCCC12CCC(C#N)(CC1C)CC2OC. The molecule has 0 heterocycles. The molecule has 122 valence electrons. The summed E-state index contributed by atoms with van der Waals surface area (Å²) in [6.07, 6.45) is 11.1. The zero-order valence-corrected chi connectivity index (χ0v) is 14.9. The van der Waals surface area contributed by atoms with Gasteiger partial charge in [-0.3, -0.25) is 0 Å². The van der Waals surface area contributed by atoms with Gasteiger partial charge in [-0.15, -0.1) is 0 Å². The number of fused-ring (bicyclic) bond motifs is 3. The molecule has 21 heavy (non-hydrogen) atoms. The van der Waals surface area contributed by atoms with Gasteiger partial charge in [0, 0.05) is 7.11 Å². The molecule has 3 aliphatic rings. The Bertz CT molecular complexity index is 346. The molecular formula is C19H35NO. The number of methoxy groups -OCH3 is 1. The molecule has 0 aromatic rings. The van der Waals surface area contributed by atoms with Crippen LogP contribution in [0.2, 0.25) is 0 Å². The van der Waals surface area contributed by atoms with E-state index in [-0.39, 0.29) is 5.41 Å². The summed E-state index contributed by atoms with van der Waals surface area (Å²) in [6, 6.07) is 2.59. The van der Waals surface area contributed by atoms with Crippen LogP contribution >= 0.6 is 0 Å². The van der Waals surface area contributed by atoms with Crippen molar-refractivity contribution in [1.82, 2.24) is 0 Å². The van der Waals surface area contributed by atoms with Crippen molar-refractivity contribution in [2.24, 2.45) is 16.7 Å². The van der Waals surface area contributed by atoms with Crippen molar-refractivity contribution in [3.63, 3.8) is 0 Å². The Morgan fingerprint density at radius 3 is 2.19 bits per heavy atom. The molecule has 0 N–H and O–H groups in total. The van der Waals surface area contributed by atoms with Gasteiger partial charge in [0.15, 0.2) is 0 Å². The van der Waals surface area contributed by atoms with Gasteiger partial charge in [0.25, 0.3) is 0 Å². The first-order valence-corrected chi connectivity index (χ1v) is 8.98. The van der Waals surface area contributed by atoms with E-state index in [1.165, 1.54) is 38.5 Å². The van der Waals surface area contributed by atoms with Crippen molar-refractivity contribution in [3.8, 4) is 6.07 Å². The minimum Gasteiger partial charge on any atom is -0.381 e. The number of unbranched alkanes of at least 4 members (excludes halogenated alkanes) is 2. The van der Waals surface area contributed by atoms with Crippen LogP contribution < -0.4 is 0 Å². The van der Waals surface area contributed by atoms with E-state index < -0.39 is 0 Å². The molecule has 0 spiro atoms. The number of nitriles is 1. The lowest BCUT2D eigenvalue weighted by molar-refractivity contribution is -0.152. The molecule has 0 aromatic carbocycles. The van der Waals surface area contributed by atoms with Gasteiger partial charge in [0.05, 0.1) is 17.6 Å². The smallest absolute Gasteiger partial charge is 0.0690 e. The molecule has 0 aliphatic heterocycles. The number of ether oxygens (including phenoxy) is 1. The normalized spacial score (nSPS) is 37.5. The third-order valence-corrected chi connectivity index (χ3v) is 5.98. The Balaban J connectivity index is 0.000000491. The maximum atomic E-state index is 9.45. The fourth-order valence-electron chi connectivity index (χ4n) is 4.34. The summed E-state index contributed by atoms with van der Waals surface area (Å²) < 4.78 is 5.77. The van der Waals surface area contributed by atoms with Crippen molar-refractivity contribution >= 4 is 0 Å². The van der Waals surface area contributed by atoms with E-state index in [0.717, 1.165) is 19.3 Å². The Kier molecular flexibility index (Phi) is 7.21. The molecule has 2 nitrogen and oxygen atoms in total. The predicted octanol–water partition coefficient (Wildman–Crippen LogP) is 5.72. The van der Waals surface area contributed by atoms with E-state index in [1.807, 2.05) is 7.11 Å². The largest absolute Gasteiger partial charge is 0.381 e. The third kappa shape index (κ3) is 3.81. The summed E-state index contributed by atoms with van der Waals surface area (Å²) in [5.41, 5.74) is 0.289. The first-order chi connectivity index (χ1) is 10.0. The van der Waals surface area contributed by atoms with Gasteiger partial charge in [-0.1, -0.05) is 53.4 Å². The summed E-state index contributed by atoms with van der Waals surface area (Å²) in [4.78, 5) is 0. The zero-order valence-electron chi connectivity index (χ0n) is 14.9. The van der Waals surface area contributed by atoms with Crippen LogP contribution in [-0.4, -0.2) is 13.2 Å². The number of nitrogens with zero attached hydrogens (tertiary/aromatic N) is 1. The highest BCUT2D eigenvalue weighted by molar-refractivity contribution is 5.14. The first kappa shape index (κ1) is 18.5. The molecule has 2 heteroatoms. The van der Waals surface area contributed by atoms with Crippen LogP contribution in [0, 0.1) is 28.1 Å². The standard InChI is InChI=1S/C15H25NO.C4H10/c1-4-5-6-15-8-7-14(11-16,9-12(15)2)10-13(15)17-3;1-3-4-2/h12-13H,4-10H2,1-3H3;3-4H2,1-2H3. The maximum Gasteiger partial charge on any atom is 0.0690 e.